The molecule has 1 amide bonds. The van der Waals surface area contributed by atoms with E-state index in [0.717, 1.165) is 24.3 Å². The SMILES string of the molecule is CCCO[C@@H]1C[C@@H](C(=O)NCCc2nnc(N)s2)CC[C@H]1N.Cl. The van der Waals surface area contributed by atoms with Gasteiger partial charge in [-0.2, -0.15) is 0 Å². The van der Waals surface area contributed by atoms with Gasteiger partial charge in [0.15, 0.2) is 0 Å². The molecular formula is C14H26ClN5O2S. The zero-order valence-corrected chi connectivity index (χ0v) is 15.0. The molecule has 0 aromatic carbocycles. The molecule has 132 valence electrons. The van der Waals surface area contributed by atoms with Crippen molar-refractivity contribution >= 4 is 34.8 Å². The molecule has 1 aliphatic carbocycles. The van der Waals surface area contributed by atoms with Crippen LogP contribution in [-0.2, 0) is 16.0 Å². The summed E-state index contributed by atoms with van der Waals surface area (Å²) < 4.78 is 5.77. The van der Waals surface area contributed by atoms with E-state index in [-0.39, 0.29) is 36.4 Å². The fourth-order valence-electron chi connectivity index (χ4n) is 2.66. The number of nitrogen functional groups attached to an aromatic ring is 1. The molecule has 9 heteroatoms. The van der Waals surface area contributed by atoms with E-state index in [1.54, 1.807) is 0 Å². The minimum absolute atomic E-state index is 0. The largest absolute Gasteiger partial charge is 0.377 e. The maximum Gasteiger partial charge on any atom is 0.223 e. The molecule has 1 heterocycles. The Kier molecular flexibility index (Phi) is 8.75. The molecule has 1 aromatic rings. The smallest absolute Gasteiger partial charge is 0.223 e. The first kappa shape index (κ1) is 20.1. The van der Waals surface area contributed by atoms with Gasteiger partial charge in [0.05, 0.1) is 6.10 Å². The van der Waals surface area contributed by atoms with Crippen LogP contribution < -0.4 is 16.8 Å². The summed E-state index contributed by atoms with van der Waals surface area (Å²) in [5, 5.41) is 12.0. The highest BCUT2D eigenvalue weighted by molar-refractivity contribution is 7.15. The molecule has 7 nitrogen and oxygen atoms in total. The number of carbonyl (C=O) groups excluding carboxylic acids is 1. The van der Waals surface area contributed by atoms with Crippen molar-refractivity contribution in [2.75, 3.05) is 18.9 Å². The van der Waals surface area contributed by atoms with E-state index in [1.807, 2.05) is 0 Å². The van der Waals surface area contributed by atoms with Crippen molar-refractivity contribution in [1.29, 1.82) is 0 Å². The van der Waals surface area contributed by atoms with Gasteiger partial charge in [0, 0.05) is 31.5 Å². The molecule has 0 spiro atoms. The molecular weight excluding hydrogens is 338 g/mol. The first-order valence-corrected chi connectivity index (χ1v) is 8.64. The van der Waals surface area contributed by atoms with Gasteiger partial charge in [0.2, 0.25) is 11.0 Å². The van der Waals surface area contributed by atoms with Crippen LogP contribution in [0.15, 0.2) is 0 Å². The predicted molar refractivity (Wildman–Crippen MR) is 93.6 cm³/mol. The van der Waals surface area contributed by atoms with Crippen LogP contribution in [0.4, 0.5) is 5.13 Å². The molecule has 0 aliphatic heterocycles. The lowest BCUT2D eigenvalue weighted by molar-refractivity contribution is -0.128. The molecule has 0 unspecified atom stereocenters. The second kappa shape index (κ2) is 10.0. The maximum atomic E-state index is 12.3. The van der Waals surface area contributed by atoms with Crippen LogP contribution >= 0.6 is 23.7 Å². The molecule has 1 aromatic heterocycles. The van der Waals surface area contributed by atoms with Crippen LogP contribution in [0, 0.1) is 5.92 Å². The third kappa shape index (κ3) is 6.21. The summed E-state index contributed by atoms with van der Waals surface area (Å²) in [5.41, 5.74) is 11.6. The Labute approximate surface area is 147 Å². The number of amides is 1. The van der Waals surface area contributed by atoms with Crippen molar-refractivity contribution in [2.45, 2.75) is 51.2 Å². The quantitative estimate of drug-likeness (QED) is 0.668. The molecule has 3 atom stereocenters. The minimum atomic E-state index is -0.0128. The Bertz CT molecular complexity index is 487. The maximum absolute atomic E-state index is 12.3. The standard InChI is InChI=1S/C14H25N5O2S.ClH/c1-2-7-21-11-8-9(3-4-10(11)15)13(20)17-6-5-12-18-19-14(16)22-12;/h9-11H,2-8,15H2,1H3,(H2,16,19)(H,17,20);1H/t9-,10+,11+;/m0./s1. The average Bonchev–Trinajstić information content (AvgIpc) is 2.92. The lowest BCUT2D eigenvalue weighted by Crippen LogP contribution is -2.46. The Hall–Kier alpha value is -0.960. The van der Waals surface area contributed by atoms with E-state index in [1.165, 1.54) is 11.3 Å². The molecule has 1 aliphatic rings. The monoisotopic (exact) mass is 363 g/mol. The number of hydrogen-bond acceptors (Lipinski definition) is 7. The highest BCUT2D eigenvalue weighted by Gasteiger charge is 2.32. The zero-order valence-electron chi connectivity index (χ0n) is 13.4. The van der Waals surface area contributed by atoms with Gasteiger partial charge < -0.3 is 21.5 Å². The molecule has 1 fully saturated rings. The van der Waals surface area contributed by atoms with Gasteiger partial charge in [-0.15, -0.1) is 22.6 Å². The zero-order chi connectivity index (χ0) is 15.9. The number of carbonyl (C=O) groups is 1. The van der Waals surface area contributed by atoms with Crippen LogP contribution in [-0.4, -0.2) is 41.4 Å². The van der Waals surface area contributed by atoms with Gasteiger partial charge in [0.1, 0.15) is 5.01 Å². The number of ether oxygens (including phenoxy) is 1. The summed E-state index contributed by atoms with van der Waals surface area (Å²) in [5.74, 6) is 0.0654. The van der Waals surface area contributed by atoms with Gasteiger partial charge in [0.25, 0.3) is 0 Å². The average molecular weight is 364 g/mol. The van der Waals surface area contributed by atoms with Crippen LogP contribution in [0.25, 0.3) is 0 Å². The third-order valence-corrected chi connectivity index (χ3v) is 4.68. The molecule has 0 bridgehead atoms. The number of nitrogens with two attached hydrogens (primary N) is 2. The molecule has 1 saturated carbocycles. The molecule has 0 saturated heterocycles. The Morgan fingerprint density at radius 1 is 1.43 bits per heavy atom. The summed E-state index contributed by atoms with van der Waals surface area (Å²) in [4.78, 5) is 12.3. The molecule has 2 rings (SSSR count). The topological polar surface area (TPSA) is 116 Å². The van der Waals surface area contributed by atoms with Gasteiger partial charge in [-0.25, -0.2) is 0 Å². The Morgan fingerprint density at radius 3 is 2.87 bits per heavy atom. The summed E-state index contributed by atoms with van der Waals surface area (Å²) >= 11 is 1.35. The summed E-state index contributed by atoms with van der Waals surface area (Å²) in [6, 6.07) is 0.0416. The van der Waals surface area contributed by atoms with Crippen LogP contribution in [0.2, 0.25) is 0 Å². The minimum Gasteiger partial charge on any atom is -0.377 e. The first-order chi connectivity index (χ1) is 10.6. The normalized spacial score (nSPS) is 24.0. The van der Waals surface area contributed by atoms with Crippen molar-refractivity contribution in [2.24, 2.45) is 11.7 Å². The van der Waals surface area contributed by atoms with E-state index < -0.39 is 0 Å². The molecule has 0 radical (unpaired) electrons. The lowest BCUT2D eigenvalue weighted by Gasteiger charge is -2.33. The van der Waals surface area contributed by atoms with Crippen molar-refractivity contribution in [3.8, 4) is 0 Å². The second-order valence-corrected chi connectivity index (χ2v) is 6.75. The highest BCUT2D eigenvalue weighted by Crippen LogP contribution is 2.26. The number of aromatic nitrogens is 2. The van der Waals surface area contributed by atoms with Crippen molar-refractivity contribution in [1.82, 2.24) is 15.5 Å². The van der Waals surface area contributed by atoms with Gasteiger partial charge in [-0.3, -0.25) is 4.79 Å². The number of rotatable bonds is 7. The summed E-state index contributed by atoms with van der Waals surface area (Å²) in [6.07, 6.45) is 3.98. The molecule has 23 heavy (non-hydrogen) atoms. The van der Waals surface area contributed by atoms with Gasteiger partial charge in [-0.05, 0) is 25.7 Å². The summed E-state index contributed by atoms with van der Waals surface area (Å²) in [6.45, 7) is 3.32. The number of nitrogens with one attached hydrogen (secondary N) is 1. The van der Waals surface area contributed by atoms with Crippen LogP contribution in [0.5, 0.6) is 0 Å². The van der Waals surface area contributed by atoms with Crippen molar-refractivity contribution in [3.63, 3.8) is 0 Å². The third-order valence-electron chi connectivity index (χ3n) is 3.87. The Morgan fingerprint density at radius 2 is 2.22 bits per heavy atom. The number of anilines is 1. The highest BCUT2D eigenvalue weighted by atomic mass is 35.5. The molecule has 5 N–H and O–H groups in total. The van der Waals surface area contributed by atoms with Crippen LogP contribution in [0.1, 0.15) is 37.6 Å². The number of nitrogens with zero attached hydrogens (tertiary/aromatic N) is 2. The fourth-order valence-corrected chi connectivity index (χ4v) is 3.27. The first-order valence-electron chi connectivity index (χ1n) is 7.83. The number of hydrogen-bond donors (Lipinski definition) is 3. The van der Waals surface area contributed by atoms with E-state index in [0.29, 0.717) is 31.1 Å². The van der Waals surface area contributed by atoms with Gasteiger partial charge in [-0.1, -0.05) is 18.3 Å². The van der Waals surface area contributed by atoms with E-state index in [4.69, 9.17) is 16.2 Å². The van der Waals surface area contributed by atoms with Crippen molar-refractivity contribution < 1.29 is 9.53 Å². The summed E-state index contributed by atoms with van der Waals surface area (Å²) in [7, 11) is 0. The van der Waals surface area contributed by atoms with E-state index >= 15 is 0 Å². The Balaban J connectivity index is 0.00000264. The predicted octanol–water partition coefficient (Wildman–Crippen LogP) is 1.12. The van der Waals surface area contributed by atoms with E-state index in [9.17, 15) is 4.79 Å². The lowest BCUT2D eigenvalue weighted by atomic mass is 9.83. The number of halogens is 1. The van der Waals surface area contributed by atoms with Crippen LogP contribution in [0.3, 0.4) is 0 Å². The van der Waals surface area contributed by atoms with E-state index in [2.05, 4.69) is 22.4 Å². The fraction of sp³-hybridized carbons (Fsp3) is 0.786. The second-order valence-electron chi connectivity index (χ2n) is 5.66. The van der Waals surface area contributed by atoms with Crippen molar-refractivity contribution in [3.05, 3.63) is 5.01 Å². The van der Waals surface area contributed by atoms with Gasteiger partial charge >= 0.3 is 0 Å².